The van der Waals surface area contributed by atoms with E-state index in [1.807, 2.05) is 0 Å². The molecule has 0 radical (unpaired) electrons. The van der Waals surface area contributed by atoms with Crippen molar-refractivity contribution in [2.75, 3.05) is 6.54 Å². The molecule has 0 saturated heterocycles. The van der Waals surface area contributed by atoms with E-state index < -0.39 is 11.9 Å². The Bertz CT molecular complexity index is 803. The maximum Gasteiger partial charge on any atom is 0.261 e. The molecule has 0 bridgehead atoms. The predicted octanol–water partition coefficient (Wildman–Crippen LogP) is 0.800. The van der Waals surface area contributed by atoms with E-state index >= 15 is 0 Å². The van der Waals surface area contributed by atoms with E-state index in [9.17, 15) is 14.4 Å². The fraction of sp³-hybridized carbons (Fsp3) is 0.333. The standard InChI is InChI=1S/C15H17BrN4O3/c1-3-17-14(22)9(2)19-13(21)7-20-8-18-12-5-4-10(16)6-11(12)15(20)23/h4-6,8-9H,3,7H2,1-2H3,(H,17,22)(H,19,21)/t9-/m0/s1. The van der Waals surface area contributed by atoms with Gasteiger partial charge >= 0.3 is 0 Å². The zero-order chi connectivity index (χ0) is 17.0. The summed E-state index contributed by atoms with van der Waals surface area (Å²) in [7, 11) is 0. The smallest absolute Gasteiger partial charge is 0.261 e. The highest BCUT2D eigenvalue weighted by Gasteiger charge is 2.15. The van der Waals surface area contributed by atoms with Gasteiger partial charge in [-0.05, 0) is 32.0 Å². The monoisotopic (exact) mass is 380 g/mol. The van der Waals surface area contributed by atoms with Crippen LogP contribution in [0, 0.1) is 0 Å². The van der Waals surface area contributed by atoms with Gasteiger partial charge in [-0.1, -0.05) is 15.9 Å². The third-order valence-corrected chi connectivity index (χ3v) is 3.72. The van der Waals surface area contributed by atoms with Crippen molar-refractivity contribution in [3.8, 4) is 0 Å². The number of nitrogens with zero attached hydrogens (tertiary/aromatic N) is 2. The van der Waals surface area contributed by atoms with Gasteiger partial charge in [0.05, 0.1) is 17.2 Å². The molecule has 1 atom stereocenters. The van der Waals surface area contributed by atoms with E-state index in [-0.39, 0.29) is 18.0 Å². The van der Waals surface area contributed by atoms with Gasteiger partial charge in [0.2, 0.25) is 11.8 Å². The Morgan fingerprint density at radius 3 is 2.83 bits per heavy atom. The lowest BCUT2D eigenvalue weighted by molar-refractivity contribution is -0.128. The van der Waals surface area contributed by atoms with E-state index in [4.69, 9.17) is 0 Å². The molecular weight excluding hydrogens is 364 g/mol. The number of hydrogen-bond acceptors (Lipinski definition) is 4. The van der Waals surface area contributed by atoms with Crippen molar-refractivity contribution in [3.05, 3.63) is 39.4 Å². The Labute approximate surface area is 141 Å². The topological polar surface area (TPSA) is 93.1 Å². The number of carbonyl (C=O) groups excluding carboxylic acids is 2. The molecule has 122 valence electrons. The van der Waals surface area contributed by atoms with Gasteiger partial charge < -0.3 is 10.6 Å². The number of halogens is 1. The van der Waals surface area contributed by atoms with Gasteiger partial charge in [-0.15, -0.1) is 0 Å². The summed E-state index contributed by atoms with van der Waals surface area (Å²) in [6.45, 7) is 3.67. The highest BCUT2D eigenvalue weighted by Crippen LogP contribution is 2.14. The zero-order valence-corrected chi connectivity index (χ0v) is 14.4. The molecule has 0 saturated carbocycles. The van der Waals surface area contributed by atoms with Crippen molar-refractivity contribution in [3.63, 3.8) is 0 Å². The molecule has 0 fully saturated rings. The molecule has 23 heavy (non-hydrogen) atoms. The Morgan fingerprint density at radius 2 is 2.13 bits per heavy atom. The number of carbonyl (C=O) groups is 2. The van der Waals surface area contributed by atoms with Crippen LogP contribution < -0.4 is 16.2 Å². The van der Waals surface area contributed by atoms with Crippen LogP contribution in [0.4, 0.5) is 0 Å². The van der Waals surface area contributed by atoms with Crippen LogP contribution in [0.15, 0.2) is 33.8 Å². The minimum absolute atomic E-state index is 0.196. The average Bonchev–Trinajstić information content (AvgIpc) is 2.50. The molecule has 2 rings (SSSR count). The second-order valence-electron chi connectivity index (χ2n) is 5.02. The molecule has 0 spiro atoms. The molecular formula is C15H17BrN4O3. The first-order chi connectivity index (χ1) is 10.9. The van der Waals surface area contributed by atoms with Gasteiger partial charge in [-0.3, -0.25) is 19.0 Å². The Hall–Kier alpha value is -2.22. The minimum Gasteiger partial charge on any atom is -0.355 e. The van der Waals surface area contributed by atoms with Crippen molar-refractivity contribution in [2.45, 2.75) is 26.4 Å². The average molecular weight is 381 g/mol. The van der Waals surface area contributed by atoms with E-state index in [1.165, 1.54) is 10.9 Å². The van der Waals surface area contributed by atoms with Crippen LogP contribution in [0.2, 0.25) is 0 Å². The summed E-state index contributed by atoms with van der Waals surface area (Å²) in [4.78, 5) is 40.1. The summed E-state index contributed by atoms with van der Waals surface area (Å²) in [5.74, 6) is -0.698. The molecule has 2 aromatic rings. The molecule has 1 aromatic heterocycles. The third kappa shape index (κ3) is 4.16. The minimum atomic E-state index is -0.666. The Morgan fingerprint density at radius 1 is 1.39 bits per heavy atom. The van der Waals surface area contributed by atoms with Crippen molar-refractivity contribution < 1.29 is 9.59 Å². The van der Waals surface area contributed by atoms with Crippen molar-refractivity contribution in [1.82, 2.24) is 20.2 Å². The summed E-state index contributed by atoms with van der Waals surface area (Å²) >= 11 is 3.31. The molecule has 2 N–H and O–H groups in total. The lowest BCUT2D eigenvalue weighted by Gasteiger charge is -2.14. The number of likely N-dealkylation sites (N-methyl/N-ethyl adjacent to an activating group) is 1. The lowest BCUT2D eigenvalue weighted by Crippen LogP contribution is -2.46. The van der Waals surface area contributed by atoms with Crippen LogP contribution in [0.5, 0.6) is 0 Å². The summed E-state index contributed by atoms with van der Waals surface area (Å²) in [6.07, 6.45) is 1.33. The van der Waals surface area contributed by atoms with Crippen molar-refractivity contribution >= 4 is 38.6 Å². The Kier molecular flexibility index (Phi) is 5.49. The van der Waals surface area contributed by atoms with E-state index in [0.29, 0.717) is 17.4 Å². The number of aromatic nitrogens is 2. The van der Waals surface area contributed by atoms with Crippen LogP contribution in [-0.2, 0) is 16.1 Å². The number of nitrogens with one attached hydrogen (secondary N) is 2. The highest BCUT2D eigenvalue weighted by molar-refractivity contribution is 9.10. The molecule has 8 heteroatoms. The first-order valence-electron chi connectivity index (χ1n) is 7.14. The molecule has 0 aliphatic rings. The zero-order valence-electron chi connectivity index (χ0n) is 12.8. The second-order valence-corrected chi connectivity index (χ2v) is 5.94. The van der Waals surface area contributed by atoms with E-state index in [1.54, 1.807) is 32.0 Å². The van der Waals surface area contributed by atoms with Crippen molar-refractivity contribution in [1.29, 1.82) is 0 Å². The van der Waals surface area contributed by atoms with Gasteiger partial charge in [0.1, 0.15) is 12.6 Å². The number of amides is 2. The van der Waals surface area contributed by atoms with Gasteiger partial charge in [-0.2, -0.15) is 0 Å². The lowest BCUT2D eigenvalue weighted by atomic mass is 10.2. The SMILES string of the molecule is CCNC(=O)[C@H](C)NC(=O)Cn1cnc2ccc(Br)cc2c1=O. The maximum absolute atomic E-state index is 12.4. The number of fused-ring (bicyclic) bond motifs is 1. The summed E-state index contributed by atoms with van der Waals surface area (Å²) in [5.41, 5.74) is 0.252. The molecule has 7 nitrogen and oxygen atoms in total. The first-order valence-corrected chi connectivity index (χ1v) is 7.93. The highest BCUT2D eigenvalue weighted by atomic mass is 79.9. The maximum atomic E-state index is 12.4. The molecule has 1 heterocycles. The van der Waals surface area contributed by atoms with E-state index in [2.05, 4.69) is 31.5 Å². The number of rotatable bonds is 5. The van der Waals surface area contributed by atoms with Crippen LogP contribution in [0.25, 0.3) is 10.9 Å². The third-order valence-electron chi connectivity index (χ3n) is 3.22. The van der Waals surface area contributed by atoms with Gasteiger partial charge in [-0.25, -0.2) is 4.98 Å². The van der Waals surface area contributed by atoms with Crippen molar-refractivity contribution in [2.24, 2.45) is 0 Å². The quantitative estimate of drug-likeness (QED) is 0.802. The Balaban J connectivity index is 2.15. The molecule has 1 aromatic carbocycles. The molecule has 0 aliphatic heterocycles. The summed E-state index contributed by atoms with van der Waals surface area (Å²) < 4.78 is 1.98. The molecule has 0 aliphatic carbocycles. The van der Waals surface area contributed by atoms with Gasteiger partial charge in [0.25, 0.3) is 5.56 Å². The number of benzene rings is 1. The summed E-state index contributed by atoms with van der Waals surface area (Å²) in [5, 5.41) is 5.59. The molecule has 0 unspecified atom stereocenters. The van der Waals surface area contributed by atoms with Gasteiger partial charge in [0.15, 0.2) is 0 Å². The van der Waals surface area contributed by atoms with Crippen LogP contribution >= 0.6 is 15.9 Å². The van der Waals surface area contributed by atoms with Crippen LogP contribution in [0.1, 0.15) is 13.8 Å². The summed E-state index contributed by atoms with van der Waals surface area (Å²) in [6, 6.07) is 4.51. The van der Waals surface area contributed by atoms with E-state index in [0.717, 1.165) is 4.47 Å². The second kappa shape index (κ2) is 7.36. The first kappa shape index (κ1) is 17.1. The number of hydrogen-bond donors (Lipinski definition) is 2. The van der Waals surface area contributed by atoms with Gasteiger partial charge in [0, 0.05) is 11.0 Å². The normalized spacial score (nSPS) is 12.0. The fourth-order valence-corrected chi connectivity index (χ4v) is 2.44. The van der Waals surface area contributed by atoms with Crippen LogP contribution in [-0.4, -0.2) is 34.0 Å². The largest absolute Gasteiger partial charge is 0.355 e. The molecule has 2 amide bonds. The van der Waals surface area contributed by atoms with Crippen LogP contribution in [0.3, 0.4) is 0 Å². The fourth-order valence-electron chi connectivity index (χ4n) is 2.08. The predicted molar refractivity (Wildman–Crippen MR) is 90.0 cm³/mol.